The molecule has 1 aromatic heterocycles. The van der Waals surface area contributed by atoms with Crippen molar-refractivity contribution in [2.45, 2.75) is 31.3 Å². The minimum Gasteiger partial charge on any atom is -0.355 e. The molecular weight excluding hydrogens is 346 g/mol. The van der Waals surface area contributed by atoms with E-state index >= 15 is 0 Å². The van der Waals surface area contributed by atoms with Crippen molar-refractivity contribution in [1.29, 1.82) is 0 Å². The largest absolute Gasteiger partial charge is 0.355 e. The van der Waals surface area contributed by atoms with E-state index in [1.54, 1.807) is 0 Å². The maximum atomic E-state index is 11.9. The molecule has 1 amide bonds. The zero-order valence-electron chi connectivity index (χ0n) is 13.6. The highest BCUT2D eigenvalue weighted by Crippen LogP contribution is 2.15. The second-order valence-corrected chi connectivity index (χ2v) is 7.05. The Bertz CT molecular complexity index is 744. The summed E-state index contributed by atoms with van der Waals surface area (Å²) in [5.41, 5.74) is 1.65. The van der Waals surface area contributed by atoms with E-state index in [1.165, 1.54) is 17.8 Å². The van der Waals surface area contributed by atoms with E-state index in [0.717, 1.165) is 17.7 Å². The molecule has 2 aromatic rings. The number of nitrogens with one attached hydrogen (secondary N) is 2. The van der Waals surface area contributed by atoms with E-state index in [-0.39, 0.29) is 23.1 Å². The summed E-state index contributed by atoms with van der Waals surface area (Å²) in [5, 5.41) is 4.03. The minimum atomic E-state index is -0.195. The monoisotopic (exact) mass is 365 g/mol. The first kappa shape index (κ1) is 18.5. The van der Waals surface area contributed by atoms with Crippen molar-refractivity contribution in [2.24, 2.45) is 0 Å². The lowest BCUT2D eigenvalue weighted by molar-refractivity contribution is -0.118. The first-order valence-corrected chi connectivity index (χ1v) is 9.05. The van der Waals surface area contributed by atoms with Crippen molar-refractivity contribution in [3.63, 3.8) is 0 Å². The minimum absolute atomic E-state index is 0.0911. The van der Waals surface area contributed by atoms with Crippen molar-refractivity contribution >= 4 is 29.3 Å². The number of aromatic nitrogens is 2. The third-order valence-electron chi connectivity index (χ3n) is 3.32. The number of halogens is 1. The van der Waals surface area contributed by atoms with E-state index in [2.05, 4.69) is 15.3 Å². The quantitative estimate of drug-likeness (QED) is 0.584. The fraction of sp³-hybridized carbons (Fsp3) is 0.353. The molecule has 2 rings (SSSR count). The molecule has 0 bridgehead atoms. The second-order valence-electron chi connectivity index (χ2n) is 5.65. The topological polar surface area (TPSA) is 74.8 Å². The van der Waals surface area contributed by atoms with Crippen LogP contribution >= 0.6 is 23.4 Å². The summed E-state index contributed by atoms with van der Waals surface area (Å²) in [6.45, 7) is 4.50. The normalized spacial score (nSPS) is 10.8. The SMILES string of the molecule is CC(C)c1cc(=O)[nH]c(SCC(=O)NCCc2ccc(Cl)cc2)n1. The molecule has 7 heteroatoms. The van der Waals surface area contributed by atoms with Gasteiger partial charge in [0, 0.05) is 17.6 Å². The van der Waals surface area contributed by atoms with Crippen LogP contribution in [0.2, 0.25) is 5.02 Å². The van der Waals surface area contributed by atoms with Gasteiger partial charge in [-0.3, -0.25) is 9.59 Å². The van der Waals surface area contributed by atoms with Crippen LogP contribution in [0.5, 0.6) is 0 Å². The van der Waals surface area contributed by atoms with Gasteiger partial charge in [-0.1, -0.05) is 49.3 Å². The molecule has 5 nitrogen and oxygen atoms in total. The Morgan fingerprint density at radius 2 is 2.04 bits per heavy atom. The molecule has 24 heavy (non-hydrogen) atoms. The maximum Gasteiger partial charge on any atom is 0.251 e. The summed E-state index contributed by atoms with van der Waals surface area (Å²) < 4.78 is 0. The molecule has 0 radical (unpaired) electrons. The number of carbonyl (C=O) groups excluding carboxylic acids is 1. The van der Waals surface area contributed by atoms with Crippen molar-refractivity contribution in [2.75, 3.05) is 12.3 Å². The number of hydrogen-bond acceptors (Lipinski definition) is 4. The van der Waals surface area contributed by atoms with Crippen LogP contribution in [0.3, 0.4) is 0 Å². The van der Waals surface area contributed by atoms with Gasteiger partial charge in [-0.05, 0) is 30.0 Å². The smallest absolute Gasteiger partial charge is 0.251 e. The molecule has 1 aromatic carbocycles. The Hall–Kier alpha value is -1.79. The standard InChI is InChI=1S/C17H20ClN3O2S/c1-11(2)14-9-15(22)21-17(20-14)24-10-16(23)19-8-7-12-3-5-13(18)6-4-12/h3-6,9,11H,7-8,10H2,1-2H3,(H,19,23)(H,20,21,22). The summed E-state index contributed by atoms with van der Waals surface area (Å²) >= 11 is 7.06. The summed E-state index contributed by atoms with van der Waals surface area (Å²) in [4.78, 5) is 30.5. The first-order valence-electron chi connectivity index (χ1n) is 7.69. The van der Waals surface area contributed by atoms with Crippen molar-refractivity contribution in [3.05, 3.63) is 57.0 Å². The zero-order chi connectivity index (χ0) is 17.5. The van der Waals surface area contributed by atoms with Crippen LogP contribution in [-0.2, 0) is 11.2 Å². The Morgan fingerprint density at radius 1 is 1.33 bits per heavy atom. The number of H-pyrrole nitrogens is 1. The Kier molecular flexibility index (Phi) is 6.87. The lowest BCUT2D eigenvalue weighted by Gasteiger charge is -2.07. The number of amides is 1. The van der Waals surface area contributed by atoms with E-state index in [1.807, 2.05) is 38.1 Å². The number of carbonyl (C=O) groups is 1. The van der Waals surface area contributed by atoms with Crippen LogP contribution in [0, 0.1) is 0 Å². The average molecular weight is 366 g/mol. The van der Waals surface area contributed by atoms with Crippen LogP contribution < -0.4 is 10.9 Å². The van der Waals surface area contributed by atoms with Gasteiger partial charge in [0.15, 0.2) is 5.16 Å². The fourth-order valence-electron chi connectivity index (χ4n) is 2.00. The van der Waals surface area contributed by atoms with Gasteiger partial charge in [-0.15, -0.1) is 0 Å². The van der Waals surface area contributed by atoms with Gasteiger partial charge in [0.25, 0.3) is 5.56 Å². The Labute approximate surface area is 150 Å². The highest BCUT2D eigenvalue weighted by Gasteiger charge is 2.08. The molecule has 0 aliphatic heterocycles. The van der Waals surface area contributed by atoms with Gasteiger partial charge in [0.2, 0.25) is 5.91 Å². The number of rotatable bonds is 7. The van der Waals surface area contributed by atoms with Gasteiger partial charge in [-0.25, -0.2) is 4.98 Å². The van der Waals surface area contributed by atoms with Crippen molar-refractivity contribution in [3.8, 4) is 0 Å². The Morgan fingerprint density at radius 3 is 2.71 bits per heavy atom. The highest BCUT2D eigenvalue weighted by atomic mass is 35.5. The van der Waals surface area contributed by atoms with Crippen LogP contribution in [-0.4, -0.2) is 28.2 Å². The summed E-state index contributed by atoms with van der Waals surface area (Å²) in [6, 6.07) is 9.03. The molecule has 0 atom stereocenters. The molecular formula is C17H20ClN3O2S. The molecule has 0 spiro atoms. The van der Waals surface area contributed by atoms with Gasteiger partial charge in [-0.2, -0.15) is 0 Å². The number of aromatic amines is 1. The van der Waals surface area contributed by atoms with E-state index in [0.29, 0.717) is 16.7 Å². The lowest BCUT2D eigenvalue weighted by atomic mass is 10.1. The van der Waals surface area contributed by atoms with Crippen molar-refractivity contribution < 1.29 is 4.79 Å². The molecule has 0 aliphatic carbocycles. The molecule has 128 valence electrons. The first-order chi connectivity index (χ1) is 11.4. The molecule has 1 heterocycles. The molecule has 2 N–H and O–H groups in total. The zero-order valence-corrected chi connectivity index (χ0v) is 15.2. The van der Waals surface area contributed by atoms with Gasteiger partial charge in [0.1, 0.15) is 0 Å². The van der Waals surface area contributed by atoms with Crippen LogP contribution in [0.4, 0.5) is 0 Å². The average Bonchev–Trinajstić information content (AvgIpc) is 2.54. The van der Waals surface area contributed by atoms with E-state index in [9.17, 15) is 9.59 Å². The van der Waals surface area contributed by atoms with Gasteiger partial charge >= 0.3 is 0 Å². The third kappa shape index (κ3) is 6.02. The molecule has 0 saturated heterocycles. The highest BCUT2D eigenvalue weighted by molar-refractivity contribution is 7.99. The van der Waals surface area contributed by atoms with Gasteiger partial charge < -0.3 is 10.3 Å². The summed E-state index contributed by atoms with van der Waals surface area (Å²) in [5.74, 6) is 0.289. The predicted octanol–water partition coefficient (Wildman–Crippen LogP) is 3.00. The molecule has 0 saturated carbocycles. The van der Waals surface area contributed by atoms with Crippen molar-refractivity contribution in [1.82, 2.24) is 15.3 Å². The number of nitrogens with zero attached hydrogens (tertiary/aromatic N) is 1. The van der Waals surface area contributed by atoms with E-state index < -0.39 is 0 Å². The van der Waals surface area contributed by atoms with E-state index in [4.69, 9.17) is 11.6 Å². The van der Waals surface area contributed by atoms with Crippen LogP contribution in [0.15, 0.2) is 40.3 Å². The molecule has 0 aliphatic rings. The lowest BCUT2D eigenvalue weighted by Crippen LogP contribution is -2.27. The number of thioether (sulfide) groups is 1. The second kappa shape index (κ2) is 8.89. The third-order valence-corrected chi connectivity index (χ3v) is 4.45. The van der Waals surface area contributed by atoms with Crippen LogP contribution in [0.25, 0.3) is 0 Å². The predicted molar refractivity (Wildman–Crippen MR) is 97.8 cm³/mol. The number of hydrogen-bond donors (Lipinski definition) is 2. The summed E-state index contributed by atoms with van der Waals surface area (Å²) in [6.07, 6.45) is 0.742. The van der Waals surface area contributed by atoms with Crippen LogP contribution in [0.1, 0.15) is 31.0 Å². The molecule has 0 unspecified atom stereocenters. The van der Waals surface area contributed by atoms with Gasteiger partial charge in [0.05, 0.1) is 11.4 Å². The molecule has 0 fully saturated rings. The number of benzene rings is 1. The Balaban J connectivity index is 1.79. The maximum absolute atomic E-state index is 11.9. The fourth-order valence-corrected chi connectivity index (χ4v) is 2.84. The summed E-state index contributed by atoms with van der Waals surface area (Å²) in [7, 11) is 0.